The maximum Gasteiger partial charge on any atom is 0.319 e. The Morgan fingerprint density at radius 1 is 1.12 bits per heavy atom. The number of carbonyl (C=O) groups is 1. The minimum absolute atomic E-state index is 0.0701. The Kier molecular flexibility index (Phi) is 4.81. The van der Waals surface area contributed by atoms with Crippen molar-refractivity contribution in [3.05, 3.63) is 34.9 Å². The number of benzene rings is 1. The zero-order chi connectivity index (χ0) is 18.4. The van der Waals surface area contributed by atoms with E-state index in [9.17, 15) is 13.2 Å². The average Bonchev–Trinajstić information content (AvgIpc) is 2.86. The first-order valence-electron chi connectivity index (χ1n) is 8.66. The molecule has 2 aliphatic rings. The third-order valence-corrected chi connectivity index (χ3v) is 7.08. The lowest BCUT2D eigenvalue weighted by Crippen LogP contribution is -2.61. The van der Waals surface area contributed by atoms with E-state index in [1.165, 1.54) is 21.6 Å². The molecule has 0 aliphatic carbocycles. The van der Waals surface area contributed by atoms with E-state index in [0.29, 0.717) is 13.1 Å². The first kappa shape index (κ1) is 18.2. The van der Waals surface area contributed by atoms with E-state index in [1.807, 2.05) is 0 Å². The Morgan fingerprint density at radius 3 is 2.44 bits per heavy atom. The van der Waals surface area contributed by atoms with Gasteiger partial charge in [-0.3, -0.25) is 4.90 Å². The number of hydrogen-bond donors (Lipinski definition) is 0. The van der Waals surface area contributed by atoms with Gasteiger partial charge in [0.1, 0.15) is 0 Å². The van der Waals surface area contributed by atoms with Gasteiger partial charge in [0.15, 0.2) is 9.84 Å². The number of hydrogen-bond acceptors (Lipinski definition) is 4. The standard InChI is InChI=1S/C18H27N3O3S/c1-13-5-6-15(9-14(13)2)10-20-7-8-21(18(22)19(3)4)17-12-25(23,24)11-16(17)20/h5-6,9,16-17H,7-8,10-12H2,1-4H3/t16-,17+/m0/s1. The first-order chi connectivity index (χ1) is 11.7. The normalized spacial score (nSPS) is 25.7. The summed E-state index contributed by atoms with van der Waals surface area (Å²) in [7, 11) is 0.306. The number of aryl methyl sites for hydroxylation is 2. The van der Waals surface area contributed by atoms with E-state index in [2.05, 4.69) is 36.9 Å². The third-order valence-electron chi connectivity index (χ3n) is 5.38. The van der Waals surface area contributed by atoms with E-state index in [-0.39, 0.29) is 29.6 Å². The van der Waals surface area contributed by atoms with Crippen LogP contribution in [0.1, 0.15) is 16.7 Å². The quantitative estimate of drug-likeness (QED) is 0.792. The van der Waals surface area contributed by atoms with Crippen LogP contribution in [0.4, 0.5) is 4.79 Å². The summed E-state index contributed by atoms with van der Waals surface area (Å²) >= 11 is 0. The molecule has 1 aromatic carbocycles. The van der Waals surface area contributed by atoms with Gasteiger partial charge in [-0.05, 0) is 30.5 Å². The molecule has 0 radical (unpaired) electrons. The monoisotopic (exact) mass is 365 g/mol. The number of fused-ring (bicyclic) bond motifs is 1. The Morgan fingerprint density at radius 2 is 1.80 bits per heavy atom. The van der Waals surface area contributed by atoms with Gasteiger partial charge in [-0.15, -0.1) is 0 Å². The van der Waals surface area contributed by atoms with Gasteiger partial charge in [-0.2, -0.15) is 0 Å². The molecule has 0 unspecified atom stereocenters. The molecule has 3 rings (SSSR count). The second-order valence-electron chi connectivity index (χ2n) is 7.47. The summed E-state index contributed by atoms with van der Waals surface area (Å²) in [6, 6.07) is 5.92. The molecular formula is C18H27N3O3S. The highest BCUT2D eigenvalue weighted by molar-refractivity contribution is 7.91. The lowest BCUT2D eigenvalue weighted by molar-refractivity contribution is 0.0520. The molecule has 0 aromatic heterocycles. The molecular weight excluding hydrogens is 338 g/mol. The van der Waals surface area contributed by atoms with Crippen molar-refractivity contribution in [1.82, 2.24) is 14.7 Å². The lowest BCUT2D eigenvalue weighted by Gasteiger charge is -2.44. The van der Waals surface area contributed by atoms with Crippen molar-refractivity contribution in [3.8, 4) is 0 Å². The highest BCUT2D eigenvalue weighted by atomic mass is 32.2. The van der Waals surface area contributed by atoms with Crippen LogP contribution in [0.3, 0.4) is 0 Å². The Balaban J connectivity index is 1.83. The molecule has 0 spiro atoms. The zero-order valence-corrected chi connectivity index (χ0v) is 16.2. The number of sulfone groups is 1. The maximum atomic E-state index is 12.4. The van der Waals surface area contributed by atoms with Crippen molar-refractivity contribution in [2.45, 2.75) is 32.5 Å². The van der Waals surface area contributed by atoms with Crippen LogP contribution in [0.15, 0.2) is 18.2 Å². The van der Waals surface area contributed by atoms with Crippen LogP contribution < -0.4 is 0 Å². The summed E-state index contributed by atoms with van der Waals surface area (Å²) in [4.78, 5) is 17.9. The number of piperazine rings is 1. The molecule has 0 N–H and O–H groups in total. The second kappa shape index (κ2) is 6.61. The van der Waals surface area contributed by atoms with E-state index < -0.39 is 9.84 Å². The molecule has 6 nitrogen and oxygen atoms in total. The molecule has 1 aromatic rings. The van der Waals surface area contributed by atoms with Crippen molar-refractivity contribution in [1.29, 1.82) is 0 Å². The Hall–Kier alpha value is -1.60. The molecule has 25 heavy (non-hydrogen) atoms. The predicted molar refractivity (Wildman–Crippen MR) is 98.3 cm³/mol. The lowest BCUT2D eigenvalue weighted by atomic mass is 10.0. The molecule has 2 atom stereocenters. The molecule has 0 bridgehead atoms. The van der Waals surface area contributed by atoms with Crippen LogP contribution in [0.2, 0.25) is 0 Å². The average molecular weight is 365 g/mol. The van der Waals surface area contributed by atoms with Gasteiger partial charge in [-0.25, -0.2) is 13.2 Å². The highest BCUT2D eigenvalue weighted by Gasteiger charge is 2.48. The van der Waals surface area contributed by atoms with Crippen LogP contribution in [-0.2, 0) is 16.4 Å². The Labute approximate surface area is 150 Å². The predicted octanol–water partition coefficient (Wildman–Crippen LogP) is 1.27. The topological polar surface area (TPSA) is 60.9 Å². The summed E-state index contributed by atoms with van der Waals surface area (Å²) in [5, 5.41) is 0. The molecule has 2 aliphatic heterocycles. The van der Waals surface area contributed by atoms with Crippen molar-refractivity contribution in [3.63, 3.8) is 0 Å². The minimum Gasteiger partial charge on any atom is -0.331 e. The Bertz CT molecular complexity index is 776. The summed E-state index contributed by atoms with van der Waals surface area (Å²) in [6.45, 7) is 6.17. The summed E-state index contributed by atoms with van der Waals surface area (Å²) in [6.07, 6.45) is 0. The molecule has 138 valence electrons. The van der Waals surface area contributed by atoms with Crippen molar-refractivity contribution in [2.24, 2.45) is 0 Å². The molecule has 2 fully saturated rings. The van der Waals surface area contributed by atoms with Crippen LogP contribution in [0.25, 0.3) is 0 Å². The van der Waals surface area contributed by atoms with Crippen molar-refractivity contribution < 1.29 is 13.2 Å². The molecule has 0 saturated carbocycles. The third kappa shape index (κ3) is 3.67. The van der Waals surface area contributed by atoms with Gasteiger partial charge in [0.2, 0.25) is 0 Å². The summed E-state index contributed by atoms with van der Waals surface area (Å²) < 4.78 is 24.5. The fraction of sp³-hybridized carbons (Fsp3) is 0.611. The van der Waals surface area contributed by atoms with Gasteiger partial charge >= 0.3 is 6.03 Å². The highest BCUT2D eigenvalue weighted by Crippen LogP contribution is 2.29. The maximum absolute atomic E-state index is 12.4. The van der Waals surface area contributed by atoms with Gasteiger partial charge < -0.3 is 9.80 Å². The molecule has 7 heteroatoms. The van der Waals surface area contributed by atoms with Gasteiger partial charge in [-0.1, -0.05) is 18.2 Å². The van der Waals surface area contributed by atoms with Crippen LogP contribution in [0.5, 0.6) is 0 Å². The minimum atomic E-state index is -3.12. The summed E-state index contributed by atoms with van der Waals surface area (Å²) in [5.74, 6) is 0.209. The summed E-state index contributed by atoms with van der Waals surface area (Å²) in [5.41, 5.74) is 3.69. The van der Waals surface area contributed by atoms with Gasteiger partial charge in [0.25, 0.3) is 0 Å². The van der Waals surface area contributed by atoms with Gasteiger partial charge in [0.05, 0.1) is 17.5 Å². The molecule has 2 heterocycles. The van der Waals surface area contributed by atoms with Crippen molar-refractivity contribution in [2.75, 3.05) is 38.7 Å². The van der Waals surface area contributed by atoms with E-state index >= 15 is 0 Å². The first-order valence-corrected chi connectivity index (χ1v) is 10.5. The fourth-order valence-corrected chi connectivity index (χ4v) is 5.86. The largest absolute Gasteiger partial charge is 0.331 e. The van der Waals surface area contributed by atoms with Crippen LogP contribution >= 0.6 is 0 Å². The number of urea groups is 1. The fourth-order valence-electron chi connectivity index (χ4n) is 3.85. The van der Waals surface area contributed by atoms with Gasteiger partial charge in [0, 0.05) is 39.8 Å². The van der Waals surface area contributed by atoms with Crippen LogP contribution in [0, 0.1) is 13.8 Å². The smallest absolute Gasteiger partial charge is 0.319 e. The van der Waals surface area contributed by atoms with E-state index in [0.717, 1.165) is 6.54 Å². The molecule has 2 saturated heterocycles. The van der Waals surface area contributed by atoms with E-state index in [1.54, 1.807) is 19.0 Å². The number of amides is 2. The molecule has 2 amide bonds. The van der Waals surface area contributed by atoms with Crippen molar-refractivity contribution >= 4 is 15.9 Å². The second-order valence-corrected chi connectivity index (χ2v) is 9.62. The van der Waals surface area contributed by atoms with Crippen LogP contribution in [-0.4, -0.2) is 79.9 Å². The number of rotatable bonds is 2. The zero-order valence-electron chi connectivity index (χ0n) is 15.4. The number of nitrogens with zero attached hydrogens (tertiary/aromatic N) is 3. The number of carbonyl (C=O) groups excluding carboxylic acids is 1. The van der Waals surface area contributed by atoms with E-state index in [4.69, 9.17) is 0 Å². The SMILES string of the molecule is Cc1ccc(CN2CCN(C(=O)N(C)C)[C@@H]3CS(=O)(=O)C[C@@H]32)cc1C.